The number of hydrogen-bond acceptors (Lipinski definition) is 5. The van der Waals surface area contributed by atoms with Gasteiger partial charge in [0, 0.05) is 42.2 Å². The molecule has 8 nitrogen and oxygen atoms in total. The highest BCUT2D eigenvalue weighted by atomic mass is 19.1. The quantitative estimate of drug-likeness (QED) is 0.440. The second kappa shape index (κ2) is 9.84. The van der Waals surface area contributed by atoms with Crippen LogP contribution in [-0.2, 0) is 13.0 Å². The molecule has 0 spiro atoms. The first-order valence-corrected chi connectivity index (χ1v) is 11.4. The van der Waals surface area contributed by atoms with E-state index in [0.717, 1.165) is 38.1 Å². The number of halogens is 1. The number of anilines is 2. The van der Waals surface area contributed by atoms with Gasteiger partial charge < -0.3 is 15.2 Å². The highest BCUT2D eigenvalue weighted by molar-refractivity contribution is 6.07. The first-order valence-electron chi connectivity index (χ1n) is 11.4. The molecular weight excluding hydrogens is 447 g/mol. The molecule has 0 saturated carbocycles. The first-order chi connectivity index (χ1) is 17.1. The Labute approximate surface area is 201 Å². The Bertz CT molecular complexity index is 1390. The Morgan fingerprint density at radius 3 is 2.60 bits per heavy atom. The summed E-state index contributed by atoms with van der Waals surface area (Å²) in [7, 11) is 0. The van der Waals surface area contributed by atoms with Gasteiger partial charge in [-0.05, 0) is 61.4 Å². The average Bonchev–Trinajstić information content (AvgIpc) is 3.13. The van der Waals surface area contributed by atoms with Gasteiger partial charge in [0.05, 0.1) is 11.3 Å². The average molecular weight is 471 g/mol. The number of amides is 2. The lowest BCUT2D eigenvalue weighted by Gasteiger charge is -2.11. The first kappa shape index (κ1) is 22.4. The van der Waals surface area contributed by atoms with E-state index in [2.05, 4.69) is 30.4 Å². The van der Waals surface area contributed by atoms with Crippen LogP contribution in [-0.4, -0.2) is 31.6 Å². The SMILES string of the molecule is O=C(Nc1cccc(C(=O)Nc2cc(-c3nnc4n3CCCCC4)ccc2F)c1)c1cccnc1. The maximum atomic E-state index is 14.6. The smallest absolute Gasteiger partial charge is 0.257 e. The summed E-state index contributed by atoms with van der Waals surface area (Å²) in [5.41, 5.74) is 1.83. The van der Waals surface area contributed by atoms with Crippen molar-refractivity contribution in [2.75, 3.05) is 10.6 Å². The van der Waals surface area contributed by atoms with Crippen LogP contribution in [0.15, 0.2) is 67.0 Å². The van der Waals surface area contributed by atoms with E-state index in [9.17, 15) is 14.0 Å². The van der Waals surface area contributed by atoms with Gasteiger partial charge in [0.25, 0.3) is 11.8 Å². The molecule has 0 atom stereocenters. The number of carbonyl (C=O) groups excluding carboxylic acids is 2. The van der Waals surface area contributed by atoms with Crippen molar-refractivity contribution in [3.05, 3.63) is 89.8 Å². The number of hydrogen-bond donors (Lipinski definition) is 2. The fraction of sp³-hybridized carbons (Fsp3) is 0.192. The summed E-state index contributed by atoms with van der Waals surface area (Å²) in [5.74, 6) is 0.189. The normalized spacial score (nSPS) is 12.9. The summed E-state index contributed by atoms with van der Waals surface area (Å²) in [5, 5.41) is 14.0. The Morgan fingerprint density at radius 1 is 0.886 bits per heavy atom. The van der Waals surface area contributed by atoms with E-state index in [1.165, 1.54) is 18.3 Å². The standard InChI is InChI=1S/C26H23FN6O2/c27-21-11-10-17(24-32-31-23-9-2-1-3-13-33(23)24)15-22(21)30-25(34)18-6-4-8-20(14-18)29-26(35)19-7-5-12-28-16-19/h4-8,10-12,14-16H,1-3,9,13H2,(H,29,35)(H,30,34). The van der Waals surface area contributed by atoms with Crippen molar-refractivity contribution in [3.63, 3.8) is 0 Å². The molecule has 1 aliphatic heterocycles. The van der Waals surface area contributed by atoms with E-state index < -0.39 is 11.7 Å². The lowest BCUT2D eigenvalue weighted by atomic mass is 10.1. The maximum Gasteiger partial charge on any atom is 0.257 e. The van der Waals surface area contributed by atoms with Gasteiger partial charge in [-0.15, -0.1) is 10.2 Å². The monoisotopic (exact) mass is 470 g/mol. The minimum atomic E-state index is -0.557. The molecule has 0 radical (unpaired) electrons. The summed E-state index contributed by atoms with van der Waals surface area (Å²) in [6.45, 7) is 0.814. The summed E-state index contributed by atoms with van der Waals surface area (Å²) in [6.07, 6.45) is 7.15. The minimum Gasteiger partial charge on any atom is -0.322 e. The van der Waals surface area contributed by atoms with Crippen LogP contribution in [0.5, 0.6) is 0 Å². The minimum absolute atomic E-state index is 0.0447. The fourth-order valence-electron chi connectivity index (χ4n) is 4.09. The third kappa shape index (κ3) is 4.93. The number of benzene rings is 2. The van der Waals surface area contributed by atoms with E-state index in [4.69, 9.17) is 0 Å². The summed E-state index contributed by atoms with van der Waals surface area (Å²) in [4.78, 5) is 29.2. The zero-order valence-corrected chi connectivity index (χ0v) is 18.9. The number of pyridine rings is 1. The lowest BCUT2D eigenvalue weighted by molar-refractivity contribution is 0.101. The number of aryl methyl sites for hydroxylation is 1. The molecule has 2 aromatic heterocycles. The highest BCUT2D eigenvalue weighted by Crippen LogP contribution is 2.27. The second-order valence-corrected chi connectivity index (χ2v) is 8.33. The van der Waals surface area contributed by atoms with Crippen LogP contribution in [0.2, 0.25) is 0 Å². The van der Waals surface area contributed by atoms with E-state index in [1.807, 2.05) is 0 Å². The van der Waals surface area contributed by atoms with Crippen LogP contribution in [0.3, 0.4) is 0 Å². The molecule has 4 aromatic rings. The number of carbonyl (C=O) groups is 2. The maximum absolute atomic E-state index is 14.6. The van der Waals surface area contributed by atoms with E-state index >= 15 is 0 Å². The van der Waals surface area contributed by atoms with Crippen LogP contribution in [0.1, 0.15) is 45.8 Å². The van der Waals surface area contributed by atoms with Crippen LogP contribution >= 0.6 is 0 Å². The molecule has 0 saturated heterocycles. The molecule has 9 heteroatoms. The van der Waals surface area contributed by atoms with E-state index in [1.54, 1.807) is 48.7 Å². The molecule has 35 heavy (non-hydrogen) atoms. The van der Waals surface area contributed by atoms with Crippen molar-refractivity contribution >= 4 is 23.2 Å². The number of nitrogens with zero attached hydrogens (tertiary/aromatic N) is 4. The molecule has 176 valence electrons. The van der Waals surface area contributed by atoms with E-state index in [-0.39, 0.29) is 17.2 Å². The molecule has 5 rings (SSSR count). The molecule has 1 aliphatic rings. The Hall–Kier alpha value is -4.40. The Morgan fingerprint density at radius 2 is 1.74 bits per heavy atom. The van der Waals surface area contributed by atoms with Crippen molar-refractivity contribution in [3.8, 4) is 11.4 Å². The lowest BCUT2D eigenvalue weighted by Crippen LogP contribution is -2.15. The molecule has 0 bridgehead atoms. The predicted octanol–water partition coefficient (Wildman–Crippen LogP) is 4.71. The van der Waals surface area contributed by atoms with Crippen molar-refractivity contribution in [1.82, 2.24) is 19.7 Å². The van der Waals surface area contributed by atoms with Gasteiger partial charge in [0.2, 0.25) is 0 Å². The molecule has 0 aliphatic carbocycles. The van der Waals surface area contributed by atoms with Gasteiger partial charge in [0.15, 0.2) is 5.82 Å². The Balaban J connectivity index is 1.35. The zero-order chi connectivity index (χ0) is 24.2. The van der Waals surface area contributed by atoms with Gasteiger partial charge in [-0.3, -0.25) is 14.6 Å². The van der Waals surface area contributed by atoms with E-state index in [0.29, 0.717) is 22.6 Å². The topological polar surface area (TPSA) is 102 Å². The highest BCUT2D eigenvalue weighted by Gasteiger charge is 2.18. The summed E-state index contributed by atoms with van der Waals surface area (Å²) in [6, 6.07) is 14.3. The molecule has 3 heterocycles. The van der Waals surface area contributed by atoms with Crippen molar-refractivity contribution < 1.29 is 14.0 Å². The molecule has 2 amide bonds. The largest absolute Gasteiger partial charge is 0.322 e. The third-order valence-electron chi connectivity index (χ3n) is 5.89. The van der Waals surface area contributed by atoms with Crippen LogP contribution in [0.4, 0.5) is 15.8 Å². The summed E-state index contributed by atoms with van der Waals surface area (Å²) >= 11 is 0. The fourth-order valence-corrected chi connectivity index (χ4v) is 4.09. The van der Waals surface area contributed by atoms with Crippen LogP contribution in [0, 0.1) is 5.82 Å². The molecule has 2 N–H and O–H groups in total. The van der Waals surface area contributed by atoms with Gasteiger partial charge in [-0.25, -0.2) is 4.39 Å². The van der Waals surface area contributed by atoms with Gasteiger partial charge in [-0.1, -0.05) is 12.5 Å². The summed E-state index contributed by atoms with van der Waals surface area (Å²) < 4.78 is 16.7. The third-order valence-corrected chi connectivity index (χ3v) is 5.89. The zero-order valence-electron chi connectivity index (χ0n) is 18.9. The number of rotatable bonds is 5. The number of aromatic nitrogens is 4. The van der Waals surface area contributed by atoms with Crippen molar-refractivity contribution in [2.24, 2.45) is 0 Å². The Kier molecular flexibility index (Phi) is 6.30. The van der Waals surface area contributed by atoms with Crippen molar-refractivity contribution in [1.29, 1.82) is 0 Å². The predicted molar refractivity (Wildman–Crippen MR) is 130 cm³/mol. The van der Waals surface area contributed by atoms with Gasteiger partial charge in [0.1, 0.15) is 11.6 Å². The second-order valence-electron chi connectivity index (χ2n) is 8.33. The van der Waals surface area contributed by atoms with Gasteiger partial charge >= 0.3 is 0 Å². The van der Waals surface area contributed by atoms with Crippen molar-refractivity contribution in [2.45, 2.75) is 32.2 Å². The van der Waals surface area contributed by atoms with Crippen LogP contribution in [0.25, 0.3) is 11.4 Å². The van der Waals surface area contributed by atoms with Gasteiger partial charge in [-0.2, -0.15) is 0 Å². The molecule has 0 fully saturated rings. The molecule has 2 aromatic carbocycles. The number of nitrogens with one attached hydrogen (secondary N) is 2. The molecule has 0 unspecified atom stereocenters. The molecular formula is C26H23FN6O2. The number of fused-ring (bicyclic) bond motifs is 1. The van der Waals surface area contributed by atoms with Crippen LogP contribution < -0.4 is 10.6 Å².